The van der Waals surface area contributed by atoms with Crippen LogP contribution in [-0.4, -0.2) is 76.1 Å². The lowest BCUT2D eigenvalue weighted by Gasteiger charge is -2.28. The molecule has 0 bridgehead atoms. The molecule has 1 saturated heterocycles. The van der Waals surface area contributed by atoms with E-state index in [1.807, 2.05) is 16.9 Å². The fraction of sp³-hybridized carbons (Fsp3) is 0.472. The van der Waals surface area contributed by atoms with E-state index in [1.165, 1.54) is 37.9 Å². The Balaban J connectivity index is 1.34. The van der Waals surface area contributed by atoms with Gasteiger partial charge in [-0.3, -0.25) is 14.3 Å². The van der Waals surface area contributed by atoms with Crippen LogP contribution in [-0.2, 0) is 51.5 Å². The molecule has 47 heavy (non-hydrogen) atoms. The van der Waals surface area contributed by atoms with Crippen LogP contribution >= 0.6 is 0 Å². The first-order chi connectivity index (χ1) is 22.5. The summed E-state index contributed by atoms with van der Waals surface area (Å²) in [5.74, 6) is -2.19. The zero-order valence-corrected chi connectivity index (χ0v) is 28.4. The van der Waals surface area contributed by atoms with E-state index < -0.39 is 46.6 Å². The number of esters is 1. The number of carbonyl (C=O) groups excluding carboxylic acids is 3. The van der Waals surface area contributed by atoms with Gasteiger partial charge in [0.05, 0.1) is 6.26 Å². The highest BCUT2D eigenvalue weighted by Gasteiger charge is 2.42. The van der Waals surface area contributed by atoms with Crippen molar-refractivity contribution >= 4 is 38.6 Å². The predicted molar refractivity (Wildman–Crippen MR) is 180 cm³/mol. The fourth-order valence-electron chi connectivity index (χ4n) is 5.65. The zero-order valence-electron chi connectivity index (χ0n) is 27.5. The van der Waals surface area contributed by atoms with Gasteiger partial charge in [-0.05, 0) is 85.4 Å². The molecule has 0 radical (unpaired) electrons. The molecule has 0 unspecified atom stereocenters. The number of aryl methyl sites for hydroxylation is 4. The summed E-state index contributed by atoms with van der Waals surface area (Å²) in [6, 6.07) is 21.0. The standard InChI is InChI=1S/C36H46N2O8S/c1-26-16-17-28(22-27(26)2)12-7-5-11-21-44-33(34-36(41)46-25-45-34)35(40)38(24-32(39)37-47(3,42)43)20-10-4-6-13-29-18-19-30-14-8-9-15-31(30)23-29/h8-9,14-19,22-23,33-34H,4-7,10-13,20-21,24-25H2,1-3H3,(H,37,39)/t33-,34-/m1/s1. The van der Waals surface area contributed by atoms with Gasteiger partial charge in [0, 0.05) is 13.2 Å². The quantitative estimate of drug-likeness (QED) is 0.152. The molecule has 10 nitrogen and oxygen atoms in total. The maximum absolute atomic E-state index is 13.8. The highest BCUT2D eigenvalue weighted by molar-refractivity contribution is 7.89. The van der Waals surface area contributed by atoms with Crippen molar-refractivity contribution in [2.45, 2.75) is 77.4 Å². The molecule has 0 aliphatic carbocycles. The molecule has 2 atom stereocenters. The molecule has 1 aliphatic rings. The summed E-state index contributed by atoms with van der Waals surface area (Å²) in [5, 5.41) is 2.36. The van der Waals surface area contributed by atoms with Gasteiger partial charge < -0.3 is 19.1 Å². The average molecular weight is 667 g/mol. The molecule has 0 aromatic heterocycles. The van der Waals surface area contributed by atoms with E-state index in [0.29, 0.717) is 12.8 Å². The second-order valence-electron chi connectivity index (χ2n) is 12.2. The van der Waals surface area contributed by atoms with Crippen molar-refractivity contribution in [3.05, 3.63) is 82.9 Å². The van der Waals surface area contributed by atoms with Crippen molar-refractivity contribution in [3.63, 3.8) is 0 Å². The van der Waals surface area contributed by atoms with Crippen molar-refractivity contribution in [2.75, 3.05) is 32.7 Å². The van der Waals surface area contributed by atoms with Crippen LogP contribution in [0, 0.1) is 13.8 Å². The lowest BCUT2D eigenvalue weighted by Crippen LogP contribution is -2.51. The molecule has 4 rings (SSSR count). The Hall–Kier alpha value is -3.80. The van der Waals surface area contributed by atoms with Gasteiger partial charge in [-0.15, -0.1) is 0 Å². The van der Waals surface area contributed by atoms with Crippen molar-refractivity contribution < 1.29 is 37.0 Å². The number of nitrogens with zero attached hydrogens (tertiary/aromatic N) is 1. The van der Waals surface area contributed by atoms with Crippen molar-refractivity contribution in [2.24, 2.45) is 0 Å². The second-order valence-corrected chi connectivity index (χ2v) is 14.0. The molecule has 254 valence electrons. The Morgan fingerprint density at radius 2 is 1.57 bits per heavy atom. The van der Waals surface area contributed by atoms with Crippen molar-refractivity contribution in [1.82, 2.24) is 9.62 Å². The second kappa shape index (κ2) is 17.4. The lowest BCUT2D eigenvalue weighted by atomic mass is 10.0. The third-order valence-electron chi connectivity index (χ3n) is 8.33. The number of benzene rings is 3. The molecule has 2 amide bonds. The van der Waals surface area contributed by atoms with Crippen LogP contribution in [0.5, 0.6) is 0 Å². The summed E-state index contributed by atoms with van der Waals surface area (Å²) in [7, 11) is -3.83. The van der Waals surface area contributed by atoms with Gasteiger partial charge in [0.25, 0.3) is 11.8 Å². The van der Waals surface area contributed by atoms with E-state index >= 15 is 0 Å². The molecule has 1 fully saturated rings. The first-order valence-electron chi connectivity index (χ1n) is 16.2. The number of hydrogen-bond donors (Lipinski definition) is 1. The van der Waals surface area contributed by atoms with E-state index in [-0.39, 0.29) is 19.9 Å². The first-order valence-corrected chi connectivity index (χ1v) is 18.1. The number of ether oxygens (including phenoxy) is 3. The Bertz CT molecular complexity index is 1640. The average Bonchev–Trinajstić information content (AvgIpc) is 3.45. The van der Waals surface area contributed by atoms with Crippen LogP contribution in [0.2, 0.25) is 0 Å². The Labute approximate surface area is 277 Å². The fourth-order valence-corrected chi connectivity index (χ4v) is 6.13. The Morgan fingerprint density at radius 3 is 2.26 bits per heavy atom. The number of fused-ring (bicyclic) bond motifs is 1. The summed E-state index contributed by atoms with van der Waals surface area (Å²) in [5.41, 5.74) is 5.00. The minimum atomic E-state index is -3.83. The largest absolute Gasteiger partial charge is 0.436 e. The van der Waals surface area contributed by atoms with Gasteiger partial charge in [-0.25, -0.2) is 13.2 Å². The van der Waals surface area contributed by atoms with Gasteiger partial charge >= 0.3 is 5.97 Å². The van der Waals surface area contributed by atoms with Crippen LogP contribution in [0.15, 0.2) is 60.7 Å². The normalized spacial score (nSPS) is 15.4. The zero-order chi connectivity index (χ0) is 33.8. The van der Waals surface area contributed by atoms with Gasteiger partial charge in [-0.2, -0.15) is 0 Å². The van der Waals surface area contributed by atoms with Crippen LogP contribution < -0.4 is 4.72 Å². The number of nitrogens with one attached hydrogen (secondary N) is 1. The summed E-state index contributed by atoms with van der Waals surface area (Å²) in [6.45, 7) is 3.76. The minimum absolute atomic E-state index is 0.172. The number of cyclic esters (lactones) is 1. The summed E-state index contributed by atoms with van der Waals surface area (Å²) in [4.78, 5) is 40.1. The van der Waals surface area contributed by atoms with E-state index in [2.05, 4.69) is 62.4 Å². The maximum atomic E-state index is 13.8. The molecule has 3 aromatic rings. The molecule has 11 heteroatoms. The number of amides is 2. The molecule has 3 aromatic carbocycles. The third kappa shape index (κ3) is 11.4. The SMILES string of the molecule is Cc1ccc(CCCCCO[C@@H](C(=O)N(CCCCCc2ccc3ccccc3c2)CC(=O)NS(C)(=O)=O)[C@H]2OCOC2=O)cc1C. The van der Waals surface area contributed by atoms with Crippen LogP contribution in [0.4, 0.5) is 0 Å². The smallest absolute Gasteiger partial charge is 0.340 e. The van der Waals surface area contributed by atoms with Crippen molar-refractivity contribution in [1.29, 1.82) is 0 Å². The van der Waals surface area contributed by atoms with Gasteiger partial charge in [0.1, 0.15) is 6.54 Å². The van der Waals surface area contributed by atoms with Crippen LogP contribution in [0.1, 0.15) is 60.8 Å². The van der Waals surface area contributed by atoms with Gasteiger partial charge in [0.2, 0.25) is 10.0 Å². The predicted octanol–water partition coefficient (Wildman–Crippen LogP) is 4.77. The summed E-state index contributed by atoms with van der Waals surface area (Å²) in [6.07, 6.45) is 4.67. The molecule has 0 spiro atoms. The van der Waals surface area contributed by atoms with Crippen molar-refractivity contribution in [3.8, 4) is 0 Å². The van der Waals surface area contributed by atoms with E-state index in [9.17, 15) is 22.8 Å². The Kier molecular flexibility index (Phi) is 13.3. The molecular formula is C36H46N2O8S. The number of rotatable bonds is 18. The molecular weight excluding hydrogens is 620 g/mol. The van der Waals surface area contributed by atoms with Crippen LogP contribution in [0.25, 0.3) is 10.8 Å². The lowest BCUT2D eigenvalue weighted by molar-refractivity contribution is -0.159. The Morgan fingerprint density at radius 1 is 0.894 bits per heavy atom. The maximum Gasteiger partial charge on any atom is 0.340 e. The molecule has 1 N–H and O–H groups in total. The third-order valence-corrected chi connectivity index (χ3v) is 8.93. The highest BCUT2D eigenvalue weighted by atomic mass is 32.2. The van der Waals surface area contributed by atoms with E-state index in [4.69, 9.17) is 14.2 Å². The topological polar surface area (TPSA) is 128 Å². The minimum Gasteiger partial charge on any atom is -0.436 e. The molecule has 0 saturated carbocycles. The summed E-state index contributed by atoms with van der Waals surface area (Å²) < 4.78 is 41.7. The number of carbonyl (C=O) groups is 3. The first kappa shape index (κ1) is 36.0. The van der Waals surface area contributed by atoms with E-state index in [1.54, 1.807) is 0 Å². The van der Waals surface area contributed by atoms with E-state index in [0.717, 1.165) is 44.8 Å². The highest BCUT2D eigenvalue weighted by Crippen LogP contribution is 2.20. The van der Waals surface area contributed by atoms with Gasteiger partial charge in [-0.1, -0.05) is 73.5 Å². The number of hydrogen-bond acceptors (Lipinski definition) is 8. The molecule has 1 heterocycles. The van der Waals surface area contributed by atoms with Gasteiger partial charge in [0.15, 0.2) is 19.0 Å². The monoisotopic (exact) mass is 666 g/mol. The summed E-state index contributed by atoms with van der Waals surface area (Å²) >= 11 is 0. The number of sulfonamides is 1. The number of unbranched alkanes of at least 4 members (excludes halogenated alkanes) is 4. The molecule has 1 aliphatic heterocycles. The van der Waals surface area contributed by atoms with Crippen LogP contribution in [0.3, 0.4) is 0 Å².